The van der Waals surface area contributed by atoms with Crippen molar-refractivity contribution in [2.75, 3.05) is 7.11 Å². The predicted octanol–water partition coefficient (Wildman–Crippen LogP) is 3.21. The Morgan fingerprint density at radius 2 is 2.00 bits per heavy atom. The van der Waals surface area contributed by atoms with E-state index in [1.165, 1.54) is 7.11 Å². The summed E-state index contributed by atoms with van der Waals surface area (Å²) in [6.07, 6.45) is 0. The van der Waals surface area contributed by atoms with Gasteiger partial charge in [0, 0.05) is 10.0 Å². The van der Waals surface area contributed by atoms with Crippen molar-refractivity contribution in [3.05, 3.63) is 27.5 Å². The highest BCUT2D eigenvalue weighted by molar-refractivity contribution is 9.10. The Morgan fingerprint density at radius 1 is 1.42 bits per heavy atom. The molecule has 0 aliphatic rings. The van der Waals surface area contributed by atoms with Crippen LogP contribution in [-0.4, -0.2) is 7.11 Å². The van der Waals surface area contributed by atoms with Crippen LogP contribution in [-0.2, 0) is 0 Å². The van der Waals surface area contributed by atoms with Gasteiger partial charge < -0.3 is 4.74 Å². The van der Waals surface area contributed by atoms with Crippen LogP contribution in [0.4, 0.5) is 4.39 Å². The van der Waals surface area contributed by atoms with E-state index >= 15 is 0 Å². The molecule has 0 aliphatic heterocycles. The van der Waals surface area contributed by atoms with Gasteiger partial charge in [0.25, 0.3) is 0 Å². The van der Waals surface area contributed by atoms with E-state index in [-0.39, 0.29) is 5.82 Å². The van der Waals surface area contributed by atoms with E-state index in [4.69, 9.17) is 4.74 Å². The molecule has 1 aromatic carbocycles. The van der Waals surface area contributed by atoms with E-state index in [1.54, 1.807) is 13.0 Å². The van der Waals surface area contributed by atoms with Gasteiger partial charge in [0.1, 0.15) is 0 Å². The first kappa shape index (κ1) is 9.52. The molecule has 66 valence electrons. The van der Waals surface area contributed by atoms with E-state index in [0.717, 1.165) is 10.0 Å². The molecule has 0 amide bonds. The fourth-order valence-electron chi connectivity index (χ4n) is 1.06. The summed E-state index contributed by atoms with van der Waals surface area (Å²) in [4.78, 5) is 0. The van der Waals surface area contributed by atoms with Crippen molar-refractivity contribution in [3.8, 4) is 5.75 Å². The van der Waals surface area contributed by atoms with Gasteiger partial charge >= 0.3 is 0 Å². The number of aryl methyl sites for hydroxylation is 1. The Morgan fingerprint density at radius 3 is 2.50 bits per heavy atom. The molecule has 0 aliphatic carbocycles. The Kier molecular flexibility index (Phi) is 2.73. The summed E-state index contributed by atoms with van der Waals surface area (Å²) in [5, 5.41) is 0. The quantitative estimate of drug-likeness (QED) is 0.723. The summed E-state index contributed by atoms with van der Waals surface area (Å²) in [5.74, 6) is 0.0417. The summed E-state index contributed by atoms with van der Waals surface area (Å²) in [6.45, 7) is 3.52. The molecular formula is C9H10BrFO. The third kappa shape index (κ3) is 1.46. The van der Waals surface area contributed by atoms with Crippen LogP contribution in [0, 0.1) is 19.7 Å². The highest BCUT2D eigenvalue weighted by atomic mass is 79.9. The fraction of sp³-hybridized carbons (Fsp3) is 0.333. The Hall–Kier alpha value is -0.570. The minimum absolute atomic E-state index is 0.279. The lowest BCUT2D eigenvalue weighted by Gasteiger charge is -2.09. The smallest absolute Gasteiger partial charge is 0.168 e. The van der Waals surface area contributed by atoms with Crippen molar-refractivity contribution in [1.29, 1.82) is 0 Å². The molecule has 0 saturated carbocycles. The average Bonchev–Trinajstić information content (AvgIpc) is 2.02. The van der Waals surface area contributed by atoms with Crippen LogP contribution in [0.3, 0.4) is 0 Å². The largest absolute Gasteiger partial charge is 0.493 e. The molecule has 0 spiro atoms. The summed E-state index contributed by atoms with van der Waals surface area (Å²) < 4.78 is 19.1. The van der Waals surface area contributed by atoms with Crippen LogP contribution >= 0.6 is 15.9 Å². The normalized spacial score (nSPS) is 10.1. The van der Waals surface area contributed by atoms with Crippen LogP contribution in [0.5, 0.6) is 5.75 Å². The number of hydrogen-bond acceptors (Lipinski definition) is 1. The van der Waals surface area contributed by atoms with Crippen LogP contribution in [0.15, 0.2) is 10.5 Å². The average molecular weight is 233 g/mol. The lowest BCUT2D eigenvalue weighted by Crippen LogP contribution is -1.95. The first-order valence-corrected chi connectivity index (χ1v) is 4.36. The Balaban J connectivity index is 3.42. The molecule has 0 aromatic heterocycles. The molecule has 1 aromatic rings. The zero-order valence-electron chi connectivity index (χ0n) is 7.24. The molecule has 0 unspecified atom stereocenters. The molecule has 0 fully saturated rings. The van der Waals surface area contributed by atoms with Crippen molar-refractivity contribution in [3.63, 3.8) is 0 Å². The lowest BCUT2D eigenvalue weighted by molar-refractivity contribution is 0.381. The number of methoxy groups -OCH3 is 1. The molecule has 0 N–H and O–H groups in total. The van der Waals surface area contributed by atoms with E-state index < -0.39 is 0 Å². The minimum atomic E-state index is -0.279. The maximum Gasteiger partial charge on any atom is 0.168 e. The summed E-state index contributed by atoms with van der Waals surface area (Å²) >= 11 is 3.33. The van der Waals surface area contributed by atoms with Crippen LogP contribution < -0.4 is 4.74 Å². The topological polar surface area (TPSA) is 9.23 Å². The SMILES string of the molecule is COc1c(C)c(Br)cc(C)c1F. The number of ether oxygens (including phenoxy) is 1. The second-order valence-electron chi connectivity index (χ2n) is 2.65. The lowest BCUT2D eigenvalue weighted by atomic mass is 10.1. The summed E-state index contributed by atoms with van der Waals surface area (Å²) in [7, 11) is 1.47. The van der Waals surface area contributed by atoms with Crippen LogP contribution in [0.1, 0.15) is 11.1 Å². The first-order valence-electron chi connectivity index (χ1n) is 3.57. The minimum Gasteiger partial charge on any atom is -0.493 e. The van der Waals surface area contributed by atoms with E-state index in [2.05, 4.69) is 15.9 Å². The van der Waals surface area contributed by atoms with Gasteiger partial charge in [0.2, 0.25) is 0 Å². The third-order valence-corrected chi connectivity index (χ3v) is 2.62. The van der Waals surface area contributed by atoms with E-state index in [9.17, 15) is 4.39 Å². The monoisotopic (exact) mass is 232 g/mol. The maximum atomic E-state index is 13.3. The molecule has 1 rings (SSSR count). The van der Waals surface area contributed by atoms with Gasteiger partial charge in [-0.15, -0.1) is 0 Å². The van der Waals surface area contributed by atoms with Crippen molar-refractivity contribution in [1.82, 2.24) is 0 Å². The first-order chi connectivity index (χ1) is 5.57. The highest BCUT2D eigenvalue weighted by Gasteiger charge is 2.11. The molecule has 0 bridgehead atoms. The van der Waals surface area contributed by atoms with Crippen molar-refractivity contribution < 1.29 is 9.13 Å². The zero-order chi connectivity index (χ0) is 9.30. The number of benzene rings is 1. The zero-order valence-corrected chi connectivity index (χ0v) is 8.83. The summed E-state index contributed by atoms with van der Waals surface area (Å²) in [6, 6.07) is 1.74. The van der Waals surface area contributed by atoms with Gasteiger partial charge in [-0.1, -0.05) is 15.9 Å². The Labute approximate surface area is 79.7 Å². The van der Waals surface area contributed by atoms with Gasteiger partial charge in [0.05, 0.1) is 7.11 Å². The molecule has 12 heavy (non-hydrogen) atoms. The van der Waals surface area contributed by atoms with E-state index in [0.29, 0.717) is 11.3 Å². The van der Waals surface area contributed by atoms with Crippen molar-refractivity contribution in [2.45, 2.75) is 13.8 Å². The second-order valence-corrected chi connectivity index (χ2v) is 3.50. The molecule has 0 heterocycles. The van der Waals surface area contributed by atoms with Gasteiger partial charge in [-0.2, -0.15) is 0 Å². The fourth-order valence-corrected chi connectivity index (χ4v) is 1.58. The van der Waals surface area contributed by atoms with Gasteiger partial charge in [-0.05, 0) is 25.5 Å². The van der Waals surface area contributed by atoms with Gasteiger partial charge in [0.15, 0.2) is 11.6 Å². The van der Waals surface area contributed by atoms with E-state index in [1.807, 2.05) is 6.92 Å². The third-order valence-electron chi connectivity index (χ3n) is 1.79. The van der Waals surface area contributed by atoms with Crippen molar-refractivity contribution >= 4 is 15.9 Å². The summed E-state index contributed by atoms with van der Waals surface area (Å²) in [5.41, 5.74) is 1.38. The van der Waals surface area contributed by atoms with Gasteiger partial charge in [-0.25, -0.2) is 4.39 Å². The highest BCUT2D eigenvalue weighted by Crippen LogP contribution is 2.30. The molecule has 0 saturated heterocycles. The molecular weight excluding hydrogens is 223 g/mol. The van der Waals surface area contributed by atoms with Crippen LogP contribution in [0.2, 0.25) is 0 Å². The molecule has 0 radical (unpaired) electrons. The second kappa shape index (κ2) is 3.44. The number of rotatable bonds is 1. The number of halogens is 2. The Bertz CT molecular complexity index is 284. The number of hydrogen-bond donors (Lipinski definition) is 0. The molecule has 3 heteroatoms. The van der Waals surface area contributed by atoms with Crippen LogP contribution in [0.25, 0.3) is 0 Å². The molecule has 1 nitrogen and oxygen atoms in total. The van der Waals surface area contributed by atoms with Gasteiger partial charge in [-0.3, -0.25) is 0 Å². The maximum absolute atomic E-state index is 13.3. The predicted molar refractivity (Wildman–Crippen MR) is 50.1 cm³/mol. The standard InChI is InChI=1S/C9H10BrFO/c1-5-4-7(10)6(2)9(12-3)8(5)11/h4H,1-3H3. The van der Waals surface area contributed by atoms with Crippen molar-refractivity contribution in [2.24, 2.45) is 0 Å². The molecule has 0 atom stereocenters.